The van der Waals surface area contributed by atoms with Crippen molar-refractivity contribution in [2.24, 2.45) is 0 Å². The number of rotatable bonds is 5. The average molecular weight is 307 g/mol. The Morgan fingerprint density at radius 2 is 1.90 bits per heavy atom. The molecule has 2 aromatic rings. The first-order valence-corrected chi connectivity index (χ1v) is 7.15. The summed E-state index contributed by atoms with van der Waals surface area (Å²) in [6.07, 6.45) is 0.417. The molecule has 0 aliphatic rings. The van der Waals surface area contributed by atoms with E-state index >= 15 is 0 Å². The topological polar surface area (TPSA) is 43.3 Å². The van der Waals surface area contributed by atoms with Crippen LogP contribution in [0.3, 0.4) is 0 Å². The molecule has 2 rings (SSSR count). The van der Waals surface area contributed by atoms with E-state index in [9.17, 15) is 4.79 Å². The standard InChI is InChI=1S/C16H19ClN2O2/c1-11-4-5-12(2)19(11)9-8-16(20)18-13-6-7-15(21-3)14(17)10-13/h4-7,10H,8-9H2,1-3H3,(H,18,20). The molecule has 4 nitrogen and oxygen atoms in total. The summed E-state index contributed by atoms with van der Waals surface area (Å²) in [6.45, 7) is 4.74. The Bertz CT molecular complexity index is 630. The van der Waals surface area contributed by atoms with Gasteiger partial charge in [-0.15, -0.1) is 0 Å². The minimum atomic E-state index is -0.0382. The Morgan fingerprint density at radius 3 is 2.48 bits per heavy atom. The molecule has 0 saturated heterocycles. The molecule has 0 bridgehead atoms. The second kappa shape index (κ2) is 6.68. The zero-order valence-electron chi connectivity index (χ0n) is 12.4. The number of aryl methyl sites for hydroxylation is 2. The Balaban J connectivity index is 1.94. The molecule has 0 atom stereocenters. The van der Waals surface area contributed by atoms with Crippen LogP contribution in [-0.2, 0) is 11.3 Å². The highest BCUT2D eigenvalue weighted by molar-refractivity contribution is 6.32. The van der Waals surface area contributed by atoms with Gasteiger partial charge in [0.15, 0.2) is 0 Å². The van der Waals surface area contributed by atoms with Crippen molar-refractivity contribution in [2.75, 3.05) is 12.4 Å². The molecular weight excluding hydrogens is 288 g/mol. The van der Waals surface area contributed by atoms with Crippen molar-refractivity contribution >= 4 is 23.2 Å². The number of halogens is 1. The van der Waals surface area contributed by atoms with Gasteiger partial charge in [-0.05, 0) is 44.2 Å². The van der Waals surface area contributed by atoms with Crippen molar-refractivity contribution in [1.29, 1.82) is 0 Å². The average Bonchev–Trinajstić information content (AvgIpc) is 2.76. The molecule has 1 heterocycles. The molecule has 112 valence electrons. The minimum Gasteiger partial charge on any atom is -0.495 e. The number of benzene rings is 1. The lowest BCUT2D eigenvalue weighted by Crippen LogP contribution is -2.15. The molecule has 0 spiro atoms. The van der Waals surface area contributed by atoms with Gasteiger partial charge >= 0.3 is 0 Å². The molecule has 0 unspecified atom stereocenters. The number of hydrogen-bond donors (Lipinski definition) is 1. The summed E-state index contributed by atoms with van der Waals surface area (Å²) in [4.78, 5) is 12.0. The normalized spacial score (nSPS) is 10.5. The quantitative estimate of drug-likeness (QED) is 0.913. The molecule has 0 radical (unpaired) electrons. The van der Waals surface area contributed by atoms with Gasteiger partial charge in [0, 0.05) is 30.0 Å². The molecule has 1 aromatic heterocycles. The smallest absolute Gasteiger partial charge is 0.226 e. The number of nitrogens with one attached hydrogen (secondary N) is 1. The van der Waals surface area contributed by atoms with Crippen LogP contribution in [-0.4, -0.2) is 17.6 Å². The van der Waals surface area contributed by atoms with E-state index in [0.29, 0.717) is 29.4 Å². The number of carbonyl (C=O) groups excluding carboxylic acids is 1. The molecule has 1 N–H and O–H groups in total. The fourth-order valence-corrected chi connectivity index (χ4v) is 2.49. The summed E-state index contributed by atoms with van der Waals surface area (Å²) in [7, 11) is 1.56. The first-order valence-electron chi connectivity index (χ1n) is 6.77. The number of amides is 1. The lowest BCUT2D eigenvalue weighted by molar-refractivity contribution is -0.116. The van der Waals surface area contributed by atoms with Gasteiger partial charge in [-0.3, -0.25) is 4.79 Å². The second-order valence-electron chi connectivity index (χ2n) is 4.92. The fraction of sp³-hybridized carbons (Fsp3) is 0.312. The van der Waals surface area contributed by atoms with Crippen molar-refractivity contribution in [3.05, 3.63) is 46.7 Å². The first-order chi connectivity index (χ1) is 10.0. The Hall–Kier alpha value is -1.94. The van der Waals surface area contributed by atoms with E-state index < -0.39 is 0 Å². The third kappa shape index (κ3) is 3.79. The van der Waals surface area contributed by atoms with Crippen molar-refractivity contribution in [1.82, 2.24) is 4.57 Å². The van der Waals surface area contributed by atoms with Gasteiger partial charge < -0.3 is 14.6 Å². The lowest BCUT2D eigenvalue weighted by atomic mass is 10.3. The van der Waals surface area contributed by atoms with Crippen LogP contribution in [0.4, 0.5) is 5.69 Å². The third-order valence-corrected chi connectivity index (χ3v) is 3.71. The van der Waals surface area contributed by atoms with Crippen LogP contribution in [0.2, 0.25) is 5.02 Å². The maximum Gasteiger partial charge on any atom is 0.226 e. The largest absolute Gasteiger partial charge is 0.495 e. The monoisotopic (exact) mass is 306 g/mol. The van der Waals surface area contributed by atoms with Gasteiger partial charge in [-0.1, -0.05) is 11.6 Å². The molecular formula is C16H19ClN2O2. The Labute approximate surface area is 129 Å². The van der Waals surface area contributed by atoms with Gasteiger partial charge in [0.2, 0.25) is 5.91 Å². The number of methoxy groups -OCH3 is 1. The van der Waals surface area contributed by atoms with Crippen molar-refractivity contribution in [3.63, 3.8) is 0 Å². The highest BCUT2D eigenvalue weighted by Gasteiger charge is 2.07. The lowest BCUT2D eigenvalue weighted by Gasteiger charge is -2.10. The molecule has 0 fully saturated rings. The highest BCUT2D eigenvalue weighted by Crippen LogP contribution is 2.27. The number of anilines is 1. The number of aromatic nitrogens is 1. The summed E-state index contributed by atoms with van der Waals surface area (Å²) < 4.78 is 7.21. The van der Waals surface area contributed by atoms with Crippen molar-refractivity contribution in [3.8, 4) is 5.75 Å². The van der Waals surface area contributed by atoms with Crippen LogP contribution in [0.5, 0.6) is 5.75 Å². The van der Waals surface area contributed by atoms with E-state index in [0.717, 1.165) is 11.4 Å². The summed E-state index contributed by atoms with van der Waals surface area (Å²) in [5.74, 6) is 0.553. The predicted molar refractivity (Wildman–Crippen MR) is 85.2 cm³/mol. The number of carbonyl (C=O) groups is 1. The van der Waals surface area contributed by atoms with Gasteiger partial charge in [0.1, 0.15) is 5.75 Å². The van der Waals surface area contributed by atoms with Crippen LogP contribution in [0.1, 0.15) is 17.8 Å². The third-order valence-electron chi connectivity index (χ3n) is 3.42. The van der Waals surface area contributed by atoms with E-state index in [4.69, 9.17) is 16.3 Å². The highest BCUT2D eigenvalue weighted by atomic mass is 35.5. The number of hydrogen-bond acceptors (Lipinski definition) is 2. The maximum atomic E-state index is 12.0. The van der Waals surface area contributed by atoms with E-state index in [1.165, 1.54) is 0 Å². The summed E-state index contributed by atoms with van der Waals surface area (Å²) in [5.41, 5.74) is 2.99. The van der Waals surface area contributed by atoms with Crippen molar-refractivity contribution in [2.45, 2.75) is 26.8 Å². The van der Waals surface area contributed by atoms with E-state index in [-0.39, 0.29) is 5.91 Å². The molecule has 0 saturated carbocycles. The van der Waals surface area contributed by atoms with E-state index in [2.05, 4.69) is 22.0 Å². The zero-order chi connectivity index (χ0) is 15.4. The molecule has 1 amide bonds. The van der Waals surface area contributed by atoms with Crippen molar-refractivity contribution < 1.29 is 9.53 Å². The minimum absolute atomic E-state index is 0.0382. The Kier molecular flexibility index (Phi) is 4.91. The molecule has 1 aromatic carbocycles. The van der Waals surface area contributed by atoms with Gasteiger partial charge in [-0.2, -0.15) is 0 Å². The maximum absolute atomic E-state index is 12.0. The molecule has 0 aliphatic heterocycles. The van der Waals surface area contributed by atoms with E-state index in [1.807, 2.05) is 13.8 Å². The van der Waals surface area contributed by atoms with Crippen LogP contribution >= 0.6 is 11.6 Å². The zero-order valence-corrected chi connectivity index (χ0v) is 13.2. The van der Waals surface area contributed by atoms with E-state index in [1.54, 1.807) is 25.3 Å². The summed E-state index contributed by atoms with van der Waals surface area (Å²) in [5, 5.41) is 3.32. The van der Waals surface area contributed by atoms with Crippen LogP contribution in [0.25, 0.3) is 0 Å². The second-order valence-corrected chi connectivity index (χ2v) is 5.32. The summed E-state index contributed by atoms with van der Waals surface area (Å²) in [6, 6.07) is 9.30. The molecule has 5 heteroatoms. The fourth-order valence-electron chi connectivity index (χ4n) is 2.23. The van der Waals surface area contributed by atoms with Gasteiger partial charge in [0.25, 0.3) is 0 Å². The van der Waals surface area contributed by atoms with Crippen LogP contribution < -0.4 is 10.1 Å². The first kappa shape index (κ1) is 15.4. The predicted octanol–water partition coefficient (Wildman–Crippen LogP) is 3.80. The molecule has 21 heavy (non-hydrogen) atoms. The van der Waals surface area contributed by atoms with Gasteiger partial charge in [0.05, 0.1) is 12.1 Å². The van der Waals surface area contributed by atoms with Gasteiger partial charge in [-0.25, -0.2) is 0 Å². The number of nitrogens with zero attached hydrogens (tertiary/aromatic N) is 1. The molecule has 0 aliphatic carbocycles. The Morgan fingerprint density at radius 1 is 1.24 bits per heavy atom. The van der Waals surface area contributed by atoms with Crippen LogP contribution in [0.15, 0.2) is 30.3 Å². The number of ether oxygens (including phenoxy) is 1. The SMILES string of the molecule is COc1ccc(NC(=O)CCn2c(C)ccc2C)cc1Cl. The van der Waals surface area contributed by atoms with Crippen LogP contribution in [0, 0.1) is 13.8 Å². The summed E-state index contributed by atoms with van der Waals surface area (Å²) >= 11 is 6.03.